The molecule has 122 valence electrons. The van der Waals surface area contributed by atoms with Gasteiger partial charge in [0.2, 0.25) is 17.6 Å². The number of aryl methyl sites for hydroxylation is 1. The van der Waals surface area contributed by atoms with Crippen molar-refractivity contribution in [2.75, 3.05) is 13.1 Å². The van der Waals surface area contributed by atoms with Crippen molar-refractivity contribution in [3.63, 3.8) is 0 Å². The molecule has 1 heterocycles. The third kappa shape index (κ3) is 3.97. The Bertz CT molecular complexity index is 676. The third-order valence-electron chi connectivity index (χ3n) is 4.07. The fraction of sp³-hybridized carbons (Fsp3) is 0.500. The Morgan fingerprint density at radius 2 is 2.17 bits per heavy atom. The molecule has 1 aromatic heterocycles. The number of benzene rings is 1. The van der Waals surface area contributed by atoms with Gasteiger partial charge in [0.1, 0.15) is 0 Å². The van der Waals surface area contributed by atoms with E-state index in [0.717, 1.165) is 36.9 Å². The molecule has 1 aliphatic rings. The maximum atomic E-state index is 12.2. The fourth-order valence-corrected chi connectivity index (χ4v) is 2.68. The molecule has 1 fully saturated rings. The first-order valence-electron chi connectivity index (χ1n) is 8.35. The summed E-state index contributed by atoms with van der Waals surface area (Å²) in [7, 11) is 0. The van der Waals surface area contributed by atoms with Gasteiger partial charge in [-0.3, -0.25) is 4.79 Å². The number of carbonyl (C=O) groups is 1. The predicted octanol–water partition coefficient (Wildman–Crippen LogP) is 3.24. The van der Waals surface area contributed by atoms with Crippen molar-refractivity contribution in [2.24, 2.45) is 5.92 Å². The van der Waals surface area contributed by atoms with Crippen LogP contribution in [0.1, 0.15) is 37.6 Å². The zero-order valence-electron chi connectivity index (χ0n) is 13.8. The Morgan fingerprint density at radius 3 is 2.87 bits per heavy atom. The normalized spacial score (nSPS) is 14.0. The summed E-state index contributed by atoms with van der Waals surface area (Å²) in [5, 5.41) is 4.05. The molecule has 5 nitrogen and oxygen atoms in total. The number of aromatic nitrogens is 2. The van der Waals surface area contributed by atoms with E-state index < -0.39 is 0 Å². The monoisotopic (exact) mass is 313 g/mol. The first kappa shape index (κ1) is 15.7. The molecule has 0 unspecified atom stereocenters. The highest BCUT2D eigenvalue weighted by Crippen LogP contribution is 2.31. The molecule has 0 bridgehead atoms. The molecule has 0 saturated heterocycles. The van der Waals surface area contributed by atoms with Gasteiger partial charge in [-0.2, -0.15) is 4.98 Å². The molecule has 0 spiro atoms. The summed E-state index contributed by atoms with van der Waals surface area (Å²) in [6.07, 6.45) is 3.66. The summed E-state index contributed by atoms with van der Waals surface area (Å²) in [6.45, 7) is 5.58. The van der Waals surface area contributed by atoms with E-state index in [1.807, 2.05) is 36.1 Å². The molecule has 1 aromatic carbocycles. The first-order valence-corrected chi connectivity index (χ1v) is 8.35. The van der Waals surface area contributed by atoms with E-state index in [4.69, 9.17) is 4.52 Å². The van der Waals surface area contributed by atoms with E-state index in [1.165, 1.54) is 0 Å². The number of carbonyl (C=O) groups excluding carboxylic acids is 1. The lowest BCUT2D eigenvalue weighted by atomic mass is 10.1. The van der Waals surface area contributed by atoms with Gasteiger partial charge < -0.3 is 9.42 Å². The fourth-order valence-electron chi connectivity index (χ4n) is 2.68. The maximum absolute atomic E-state index is 12.2. The number of hydrogen-bond donors (Lipinski definition) is 0. The zero-order valence-corrected chi connectivity index (χ0v) is 13.8. The van der Waals surface area contributed by atoms with Crippen molar-refractivity contribution < 1.29 is 9.32 Å². The lowest BCUT2D eigenvalue weighted by Gasteiger charge is -2.21. The van der Waals surface area contributed by atoms with Gasteiger partial charge in [0.25, 0.3) is 0 Å². The van der Waals surface area contributed by atoms with E-state index in [1.54, 1.807) is 0 Å². The van der Waals surface area contributed by atoms with Crippen LogP contribution in [0.3, 0.4) is 0 Å². The second kappa shape index (κ2) is 6.94. The zero-order chi connectivity index (χ0) is 16.2. The van der Waals surface area contributed by atoms with E-state index in [9.17, 15) is 4.79 Å². The van der Waals surface area contributed by atoms with Crippen LogP contribution in [-0.2, 0) is 11.2 Å². The Labute approximate surface area is 136 Å². The maximum Gasteiger partial charge on any atom is 0.228 e. The van der Waals surface area contributed by atoms with Crippen molar-refractivity contribution >= 4 is 5.91 Å². The first-order chi connectivity index (χ1) is 11.2. The molecular formula is C18H23N3O2. The third-order valence-corrected chi connectivity index (χ3v) is 4.07. The minimum atomic E-state index is 0.257. The van der Waals surface area contributed by atoms with Crippen molar-refractivity contribution in [1.29, 1.82) is 0 Å². The van der Waals surface area contributed by atoms with Crippen LogP contribution in [0.15, 0.2) is 28.8 Å². The average Bonchev–Trinajstić information content (AvgIpc) is 3.29. The highest BCUT2D eigenvalue weighted by atomic mass is 16.5. The molecule has 5 heteroatoms. The molecule has 0 radical (unpaired) electrons. The second-order valence-corrected chi connectivity index (χ2v) is 6.23. The Morgan fingerprint density at radius 1 is 1.35 bits per heavy atom. The standard InChI is InChI=1S/C18H23N3O2/c1-3-10-21(18(22)14-7-8-14)11-9-16-19-17(20-23-16)15-6-4-5-13(2)12-15/h4-6,12,14H,3,7-11H2,1-2H3. The predicted molar refractivity (Wildman–Crippen MR) is 87.8 cm³/mol. The Balaban J connectivity index is 1.62. The summed E-state index contributed by atoms with van der Waals surface area (Å²) in [6, 6.07) is 8.03. The number of nitrogens with zero attached hydrogens (tertiary/aromatic N) is 3. The molecule has 1 aliphatic carbocycles. The number of hydrogen-bond acceptors (Lipinski definition) is 4. The quantitative estimate of drug-likeness (QED) is 0.787. The van der Waals surface area contributed by atoms with Gasteiger partial charge in [-0.25, -0.2) is 0 Å². The van der Waals surface area contributed by atoms with Gasteiger partial charge in [-0.1, -0.05) is 35.8 Å². The van der Waals surface area contributed by atoms with E-state index in [0.29, 0.717) is 24.7 Å². The van der Waals surface area contributed by atoms with Crippen molar-refractivity contribution in [3.8, 4) is 11.4 Å². The van der Waals surface area contributed by atoms with Crippen LogP contribution < -0.4 is 0 Å². The van der Waals surface area contributed by atoms with Crippen LogP contribution in [0, 0.1) is 12.8 Å². The molecule has 0 aliphatic heterocycles. The van der Waals surface area contributed by atoms with Crippen LogP contribution in [0.5, 0.6) is 0 Å². The summed E-state index contributed by atoms with van der Waals surface area (Å²) in [4.78, 5) is 18.6. The number of rotatable bonds is 7. The van der Waals surface area contributed by atoms with Crippen LogP contribution >= 0.6 is 0 Å². The Kier molecular flexibility index (Phi) is 4.74. The molecule has 3 rings (SSSR count). The molecule has 2 aromatic rings. The molecule has 0 atom stereocenters. The van der Waals surface area contributed by atoms with Gasteiger partial charge in [0, 0.05) is 31.0 Å². The number of amides is 1. The summed E-state index contributed by atoms with van der Waals surface area (Å²) >= 11 is 0. The largest absolute Gasteiger partial charge is 0.342 e. The minimum absolute atomic E-state index is 0.257. The van der Waals surface area contributed by atoms with Crippen molar-refractivity contribution in [2.45, 2.75) is 39.5 Å². The van der Waals surface area contributed by atoms with Gasteiger partial charge in [0.15, 0.2) is 0 Å². The SMILES string of the molecule is CCCN(CCc1nc(-c2cccc(C)c2)no1)C(=O)C1CC1. The lowest BCUT2D eigenvalue weighted by molar-refractivity contribution is -0.132. The average molecular weight is 313 g/mol. The lowest BCUT2D eigenvalue weighted by Crippen LogP contribution is -2.34. The van der Waals surface area contributed by atoms with Crippen LogP contribution in [0.25, 0.3) is 11.4 Å². The summed E-state index contributed by atoms with van der Waals surface area (Å²) < 4.78 is 5.34. The van der Waals surface area contributed by atoms with E-state index in [2.05, 4.69) is 17.1 Å². The van der Waals surface area contributed by atoms with Crippen LogP contribution in [0.2, 0.25) is 0 Å². The van der Waals surface area contributed by atoms with Crippen molar-refractivity contribution in [3.05, 3.63) is 35.7 Å². The van der Waals surface area contributed by atoms with Crippen LogP contribution in [0.4, 0.5) is 0 Å². The molecule has 1 saturated carbocycles. The molecule has 0 N–H and O–H groups in total. The highest BCUT2D eigenvalue weighted by Gasteiger charge is 2.33. The smallest absolute Gasteiger partial charge is 0.228 e. The molecule has 1 amide bonds. The van der Waals surface area contributed by atoms with E-state index >= 15 is 0 Å². The summed E-state index contributed by atoms with van der Waals surface area (Å²) in [5.41, 5.74) is 2.12. The molecular weight excluding hydrogens is 290 g/mol. The summed E-state index contributed by atoms with van der Waals surface area (Å²) in [5.74, 6) is 1.74. The topological polar surface area (TPSA) is 59.2 Å². The Hall–Kier alpha value is -2.17. The van der Waals surface area contributed by atoms with Gasteiger partial charge in [0.05, 0.1) is 0 Å². The van der Waals surface area contributed by atoms with Gasteiger partial charge >= 0.3 is 0 Å². The van der Waals surface area contributed by atoms with Crippen LogP contribution in [-0.4, -0.2) is 34.0 Å². The minimum Gasteiger partial charge on any atom is -0.342 e. The van der Waals surface area contributed by atoms with E-state index in [-0.39, 0.29) is 11.8 Å². The second-order valence-electron chi connectivity index (χ2n) is 6.23. The van der Waals surface area contributed by atoms with Gasteiger partial charge in [-0.15, -0.1) is 0 Å². The molecule has 23 heavy (non-hydrogen) atoms. The van der Waals surface area contributed by atoms with Gasteiger partial charge in [-0.05, 0) is 32.3 Å². The highest BCUT2D eigenvalue weighted by molar-refractivity contribution is 5.81. The van der Waals surface area contributed by atoms with Crippen molar-refractivity contribution in [1.82, 2.24) is 15.0 Å².